The molecule has 2 N–H and O–H groups in total. The van der Waals surface area contributed by atoms with E-state index < -0.39 is 0 Å². The zero-order valence-electron chi connectivity index (χ0n) is 12.7. The molecule has 1 fully saturated rings. The van der Waals surface area contributed by atoms with Gasteiger partial charge >= 0.3 is 0 Å². The van der Waals surface area contributed by atoms with E-state index in [1.165, 1.54) is 32.2 Å². The third-order valence-electron chi connectivity index (χ3n) is 3.57. The molecule has 0 aromatic carbocycles. The first kappa shape index (κ1) is 19.0. The van der Waals surface area contributed by atoms with Crippen molar-refractivity contribution in [2.45, 2.75) is 39.5 Å². The van der Waals surface area contributed by atoms with Crippen LogP contribution in [0, 0.1) is 5.92 Å². The summed E-state index contributed by atoms with van der Waals surface area (Å²) in [6.45, 7) is 10.1. The van der Waals surface area contributed by atoms with Crippen molar-refractivity contribution in [3.05, 3.63) is 0 Å². The van der Waals surface area contributed by atoms with Gasteiger partial charge in [-0.3, -0.25) is 4.99 Å². The van der Waals surface area contributed by atoms with Crippen LogP contribution in [0.2, 0.25) is 0 Å². The van der Waals surface area contributed by atoms with Crippen LogP contribution in [0.25, 0.3) is 0 Å². The van der Waals surface area contributed by atoms with Crippen LogP contribution in [0.1, 0.15) is 39.5 Å². The predicted molar refractivity (Wildman–Crippen MR) is 94.5 cm³/mol. The van der Waals surface area contributed by atoms with Crippen molar-refractivity contribution in [2.24, 2.45) is 10.9 Å². The van der Waals surface area contributed by atoms with Gasteiger partial charge in [0.2, 0.25) is 0 Å². The molecule has 19 heavy (non-hydrogen) atoms. The van der Waals surface area contributed by atoms with Crippen LogP contribution in [0.15, 0.2) is 4.99 Å². The molecule has 0 aliphatic heterocycles. The molecular formula is C14H31IN4. The maximum Gasteiger partial charge on any atom is 0.190 e. The molecule has 0 spiro atoms. The van der Waals surface area contributed by atoms with E-state index in [0.29, 0.717) is 0 Å². The summed E-state index contributed by atoms with van der Waals surface area (Å²) in [6, 6.07) is 0. The fourth-order valence-electron chi connectivity index (χ4n) is 1.99. The van der Waals surface area contributed by atoms with Gasteiger partial charge in [-0.25, -0.2) is 0 Å². The molecule has 1 saturated carbocycles. The molecule has 0 radical (unpaired) electrons. The van der Waals surface area contributed by atoms with E-state index in [-0.39, 0.29) is 24.0 Å². The fourth-order valence-corrected chi connectivity index (χ4v) is 1.99. The summed E-state index contributed by atoms with van der Waals surface area (Å²) < 4.78 is 0. The zero-order valence-corrected chi connectivity index (χ0v) is 15.1. The van der Waals surface area contributed by atoms with Crippen LogP contribution >= 0.6 is 24.0 Å². The van der Waals surface area contributed by atoms with E-state index in [1.807, 2.05) is 7.05 Å². The standard InChI is InChI=1S/C14H30N4.HI/c1-4-18(5-2)11-7-6-10-16-14(15-3)17-12-13-8-9-13;/h13H,4-12H2,1-3H3,(H2,15,16,17);1H. The number of nitrogens with one attached hydrogen (secondary N) is 2. The molecule has 5 heteroatoms. The lowest BCUT2D eigenvalue weighted by atomic mass is 10.3. The summed E-state index contributed by atoms with van der Waals surface area (Å²) in [6.07, 6.45) is 5.23. The second-order valence-corrected chi connectivity index (χ2v) is 5.06. The summed E-state index contributed by atoms with van der Waals surface area (Å²) in [5, 5.41) is 6.76. The van der Waals surface area contributed by atoms with Crippen molar-refractivity contribution in [2.75, 3.05) is 39.8 Å². The van der Waals surface area contributed by atoms with E-state index in [1.54, 1.807) is 0 Å². The van der Waals surface area contributed by atoms with E-state index in [9.17, 15) is 0 Å². The Labute approximate surface area is 135 Å². The third kappa shape index (κ3) is 9.49. The minimum atomic E-state index is 0. The highest BCUT2D eigenvalue weighted by Crippen LogP contribution is 2.27. The van der Waals surface area contributed by atoms with Gasteiger partial charge in [-0.15, -0.1) is 24.0 Å². The van der Waals surface area contributed by atoms with Gasteiger partial charge in [0, 0.05) is 20.1 Å². The Kier molecular flexibility index (Phi) is 11.7. The molecule has 0 bridgehead atoms. The lowest BCUT2D eigenvalue weighted by Crippen LogP contribution is -2.38. The van der Waals surface area contributed by atoms with Gasteiger partial charge in [0.05, 0.1) is 0 Å². The summed E-state index contributed by atoms with van der Waals surface area (Å²) in [5.74, 6) is 1.86. The molecule has 0 saturated heterocycles. The van der Waals surface area contributed by atoms with Crippen LogP contribution < -0.4 is 10.6 Å². The maximum atomic E-state index is 4.24. The van der Waals surface area contributed by atoms with Crippen LogP contribution in [-0.2, 0) is 0 Å². The predicted octanol–water partition coefficient (Wildman–Crippen LogP) is 2.30. The number of unbranched alkanes of at least 4 members (excludes halogenated alkanes) is 1. The Hall–Kier alpha value is -0.0400. The summed E-state index contributed by atoms with van der Waals surface area (Å²) in [4.78, 5) is 6.71. The first-order chi connectivity index (χ1) is 8.80. The van der Waals surface area contributed by atoms with Crippen LogP contribution in [0.5, 0.6) is 0 Å². The topological polar surface area (TPSA) is 39.7 Å². The average molecular weight is 382 g/mol. The lowest BCUT2D eigenvalue weighted by Gasteiger charge is -2.18. The number of halogens is 1. The number of aliphatic imine (C=N–C) groups is 1. The SMILES string of the molecule is CCN(CC)CCCCNC(=NC)NCC1CC1.I. The molecule has 0 heterocycles. The molecule has 114 valence electrons. The van der Waals surface area contributed by atoms with E-state index in [0.717, 1.165) is 38.1 Å². The highest BCUT2D eigenvalue weighted by molar-refractivity contribution is 14.0. The van der Waals surface area contributed by atoms with Crippen molar-refractivity contribution in [1.29, 1.82) is 0 Å². The fraction of sp³-hybridized carbons (Fsp3) is 0.929. The molecule has 1 aliphatic rings. The van der Waals surface area contributed by atoms with Crippen LogP contribution in [-0.4, -0.2) is 50.6 Å². The van der Waals surface area contributed by atoms with Gasteiger partial charge in [-0.1, -0.05) is 13.8 Å². The summed E-state index contributed by atoms with van der Waals surface area (Å²) in [5.41, 5.74) is 0. The number of guanidine groups is 1. The van der Waals surface area contributed by atoms with Crippen LogP contribution in [0.4, 0.5) is 0 Å². The first-order valence-electron chi connectivity index (χ1n) is 7.47. The maximum absolute atomic E-state index is 4.24. The lowest BCUT2D eigenvalue weighted by molar-refractivity contribution is 0.297. The van der Waals surface area contributed by atoms with Crippen LogP contribution in [0.3, 0.4) is 0 Å². The van der Waals surface area contributed by atoms with E-state index in [2.05, 4.69) is 34.4 Å². The second-order valence-electron chi connectivity index (χ2n) is 5.06. The minimum absolute atomic E-state index is 0. The van der Waals surface area contributed by atoms with Crippen molar-refractivity contribution in [1.82, 2.24) is 15.5 Å². The molecule has 0 unspecified atom stereocenters. The monoisotopic (exact) mass is 382 g/mol. The van der Waals surface area contributed by atoms with Crippen molar-refractivity contribution < 1.29 is 0 Å². The number of nitrogens with zero attached hydrogens (tertiary/aromatic N) is 2. The molecule has 0 aromatic rings. The van der Waals surface area contributed by atoms with Crippen molar-refractivity contribution >= 4 is 29.9 Å². The Bertz CT molecular complexity index is 238. The Balaban J connectivity index is 0.00000324. The van der Waals surface area contributed by atoms with E-state index in [4.69, 9.17) is 0 Å². The Morgan fingerprint density at radius 3 is 2.37 bits per heavy atom. The summed E-state index contributed by atoms with van der Waals surface area (Å²) in [7, 11) is 1.85. The molecular weight excluding hydrogens is 351 g/mol. The zero-order chi connectivity index (χ0) is 13.2. The van der Waals surface area contributed by atoms with Crippen molar-refractivity contribution in [3.8, 4) is 0 Å². The second kappa shape index (κ2) is 11.8. The largest absolute Gasteiger partial charge is 0.356 e. The van der Waals surface area contributed by atoms with Gasteiger partial charge in [0.15, 0.2) is 5.96 Å². The summed E-state index contributed by atoms with van der Waals surface area (Å²) >= 11 is 0. The molecule has 0 aromatic heterocycles. The minimum Gasteiger partial charge on any atom is -0.356 e. The molecule has 1 rings (SSSR count). The molecule has 0 amide bonds. The molecule has 0 atom stereocenters. The first-order valence-corrected chi connectivity index (χ1v) is 7.47. The third-order valence-corrected chi connectivity index (χ3v) is 3.57. The van der Waals surface area contributed by atoms with E-state index >= 15 is 0 Å². The normalized spacial score (nSPS) is 15.3. The van der Waals surface area contributed by atoms with Gasteiger partial charge in [0.1, 0.15) is 0 Å². The highest BCUT2D eigenvalue weighted by Gasteiger charge is 2.20. The highest BCUT2D eigenvalue weighted by atomic mass is 127. The Morgan fingerprint density at radius 1 is 1.16 bits per heavy atom. The van der Waals surface area contributed by atoms with Gasteiger partial charge < -0.3 is 15.5 Å². The number of rotatable bonds is 9. The molecule has 1 aliphatic carbocycles. The number of hydrogen-bond donors (Lipinski definition) is 2. The van der Waals surface area contributed by atoms with Gasteiger partial charge in [0.25, 0.3) is 0 Å². The Morgan fingerprint density at radius 2 is 1.84 bits per heavy atom. The smallest absolute Gasteiger partial charge is 0.190 e. The van der Waals surface area contributed by atoms with Gasteiger partial charge in [-0.05, 0) is 51.2 Å². The quantitative estimate of drug-likeness (QED) is 0.278. The van der Waals surface area contributed by atoms with Gasteiger partial charge in [-0.2, -0.15) is 0 Å². The number of hydrogen-bond acceptors (Lipinski definition) is 2. The average Bonchev–Trinajstić information content (AvgIpc) is 3.21. The van der Waals surface area contributed by atoms with Crippen molar-refractivity contribution in [3.63, 3.8) is 0 Å². The molecule has 4 nitrogen and oxygen atoms in total.